The summed E-state index contributed by atoms with van der Waals surface area (Å²) in [4.78, 5) is 10.9. The van der Waals surface area contributed by atoms with Crippen LogP contribution >= 0.6 is 0 Å². The highest BCUT2D eigenvalue weighted by Crippen LogP contribution is 2.34. The quantitative estimate of drug-likeness (QED) is 0.476. The first-order valence-corrected chi connectivity index (χ1v) is 8.43. The molecule has 0 saturated carbocycles. The standard InChI is InChI=1S/C22H20N2O2/c1-23-22-15-13-19(24(25)26)16-21(22)20(18-10-6-3-7-11-18)14-12-17-8-4-2-5-9-17/h2-16,20,23H,1H3/b14-12+/t20-/m0/s1. The van der Waals surface area contributed by atoms with Crippen molar-refractivity contribution in [3.8, 4) is 0 Å². The Balaban J connectivity index is 2.10. The van der Waals surface area contributed by atoms with Gasteiger partial charge < -0.3 is 5.32 Å². The molecule has 0 heterocycles. The topological polar surface area (TPSA) is 55.2 Å². The van der Waals surface area contributed by atoms with Crippen molar-refractivity contribution in [2.45, 2.75) is 5.92 Å². The van der Waals surface area contributed by atoms with Gasteiger partial charge in [-0.1, -0.05) is 72.8 Å². The Bertz CT molecular complexity index is 906. The Hall–Kier alpha value is -3.40. The predicted octanol–water partition coefficient (Wildman–Crippen LogP) is 5.48. The number of hydrogen-bond acceptors (Lipinski definition) is 3. The summed E-state index contributed by atoms with van der Waals surface area (Å²) in [5.74, 6) is -0.0984. The summed E-state index contributed by atoms with van der Waals surface area (Å²) in [5.41, 5.74) is 4.01. The molecule has 1 N–H and O–H groups in total. The Morgan fingerprint density at radius 3 is 2.23 bits per heavy atom. The molecule has 130 valence electrons. The third-order valence-electron chi connectivity index (χ3n) is 4.29. The summed E-state index contributed by atoms with van der Waals surface area (Å²) in [6.45, 7) is 0. The van der Waals surface area contributed by atoms with Crippen LogP contribution in [0.3, 0.4) is 0 Å². The molecule has 3 aromatic carbocycles. The summed E-state index contributed by atoms with van der Waals surface area (Å²) < 4.78 is 0. The average Bonchev–Trinajstić information content (AvgIpc) is 2.69. The molecule has 0 bridgehead atoms. The van der Waals surface area contributed by atoms with Gasteiger partial charge in [0, 0.05) is 30.8 Å². The summed E-state index contributed by atoms with van der Waals surface area (Å²) in [5, 5.41) is 14.4. The van der Waals surface area contributed by atoms with E-state index in [9.17, 15) is 10.1 Å². The van der Waals surface area contributed by atoms with E-state index in [0.29, 0.717) is 0 Å². The predicted molar refractivity (Wildman–Crippen MR) is 106 cm³/mol. The van der Waals surface area contributed by atoms with Crippen molar-refractivity contribution in [2.75, 3.05) is 12.4 Å². The minimum Gasteiger partial charge on any atom is -0.388 e. The van der Waals surface area contributed by atoms with Crippen LogP contribution in [0.5, 0.6) is 0 Å². The van der Waals surface area contributed by atoms with E-state index in [4.69, 9.17) is 0 Å². The smallest absolute Gasteiger partial charge is 0.269 e. The number of nitrogens with one attached hydrogen (secondary N) is 1. The molecule has 0 radical (unpaired) electrons. The maximum Gasteiger partial charge on any atom is 0.269 e. The summed E-state index contributed by atoms with van der Waals surface area (Å²) in [7, 11) is 1.83. The number of non-ortho nitro benzene ring substituents is 1. The van der Waals surface area contributed by atoms with E-state index in [-0.39, 0.29) is 16.5 Å². The lowest BCUT2D eigenvalue weighted by Crippen LogP contribution is -2.04. The molecule has 0 saturated heterocycles. The van der Waals surface area contributed by atoms with E-state index >= 15 is 0 Å². The van der Waals surface area contributed by atoms with Crippen LogP contribution < -0.4 is 5.32 Å². The number of nitrogens with zero attached hydrogens (tertiary/aromatic N) is 1. The third kappa shape index (κ3) is 3.98. The second kappa shape index (κ2) is 8.12. The molecule has 0 aromatic heterocycles. The maximum absolute atomic E-state index is 11.3. The molecule has 0 spiro atoms. The molecule has 26 heavy (non-hydrogen) atoms. The zero-order valence-electron chi connectivity index (χ0n) is 14.5. The van der Waals surface area contributed by atoms with Gasteiger partial charge in [-0.2, -0.15) is 0 Å². The first-order valence-electron chi connectivity index (χ1n) is 8.43. The number of hydrogen-bond donors (Lipinski definition) is 1. The van der Waals surface area contributed by atoms with Crippen molar-refractivity contribution in [1.29, 1.82) is 0 Å². The van der Waals surface area contributed by atoms with Gasteiger partial charge in [0.15, 0.2) is 0 Å². The number of nitro benzene ring substituents is 1. The fourth-order valence-electron chi connectivity index (χ4n) is 2.97. The van der Waals surface area contributed by atoms with Crippen molar-refractivity contribution in [2.24, 2.45) is 0 Å². The average molecular weight is 344 g/mol. The molecule has 0 aliphatic carbocycles. The van der Waals surface area contributed by atoms with E-state index in [1.165, 1.54) is 6.07 Å². The minimum atomic E-state index is -0.355. The molecule has 0 amide bonds. The number of benzene rings is 3. The molecular formula is C22H20N2O2. The fraction of sp³-hybridized carbons (Fsp3) is 0.0909. The monoisotopic (exact) mass is 344 g/mol. The van der Waals surface area contributed by atoms with Crippen molar-refractivity contribution < 1.29 is 4.92 Å². The molecule has 0 unspecified atom stereocenters. The zero-order valence-corrected chi connectivity index (χ0v) is 14.5. The van der Waals surface area contributed by atoms with Crippen molar-refractivity contribution in [1.82, 2.24) is 0 Å². The molecule has 0 fully saturated rings. The van der Waals surface area contributed by atoms with Crippen LogP contribution in [-0.2, 0) is 0 Å². The van der Waals surface area contributed by atoms with Gasteiger partial charge in [-0.3, -0.25) is 10.1 Å². The van der Waals surface area contributed by atoms with Gasteiger partial charge in [0.2, 0.25) is 0 Å². The van der Waals surface area contributed by atoms with Crippen LogP contribution in [0, 0.1) is 10.1 Å². The van der Waals surface area contributed by atoms with Crippen LogP contribution in [0.4, 0.5) is 11.4 Å². The molecule has 4 nitrogen and oxygen atoms in total. The summed E-state index contributed by atoms with van der Waals surface area (Å²) >= 11 is 0. The van der Waals surface area contributed by atoms with Crippen LogP contribution in [0.2, 0.25) is 0 Å². The third-order valence-corrected chi connectivity index (χ3v) is 4.29. The van der Waals surface area contributed by atoms with Gasteiger partial charge in [-0.25, -0.2) is 0 Å². The zero-order chi connectivity index (χ0) is 18.4. The highest BCUT2D eigenvalue weighted by Gasteiger charge is 2.18. The van der Waals surface area contributed by atoms with Gasteiger partial charge in [0.05, 0.1) is 4.92 Å². The molecule has 3 aromatic rings. The minimum absolute atomic E-state index is 0.0908. The van der Waals surface area contributed by atoms with E-state index in [2.05, 4.69) is 17.5 Å². The van der Waals surface area contributed by atoms with Crippen LogP contribution in [0.25, 0.3) is 6.08 Å². The number of allylic oxidation sites excluding steroid dienone is 1. The highest BCUT2D eigenvalue weighted by atomic mass is 16.6. The fourth-order valence-corrected chi connectivity index (χ4v) is 2.97. The highest BCUT2D eigenvalue weighted by molar-refractivity contribution is 5.62. The molecular weight excluding hydrogens is 324 g/mol. The lowest BCUT2D eigenvalue weighted by atomic mass is 9.89. The van der Waals surface area contributed by atoms with Crippen LogP contribution in [-0.4, -0.2) is 12.0 Å². The van der Waals surface area contributed by atoms with Gasteiger partial charge in [0.25, 0.3) is 5.69 Å². The van der Waals surface area contributed by atoms with Crippen molar-refractivity contribution >= 4 is 17.5 Å². The Morgan fingerprint density at radius 1 is 0.962 bits per heavy atom. The van der Waals surface area contributed by atoms with E-state index in [0.717, 1.165) is 22.4 Å². The number of rotatable bonds is 6. The second-order valence-corrected chi connectivity index (χ2v) is 5.94. The van der Waals surface area contributed by atoms with Gasteiger partial charge in [-0.05, 0) is 22.8 Å². The second-order valence-electron chi connectivity index (χ2n) is 5.94. The molecule has 3 rings (SSSR count). The van der Waals surface area contributed by atoms with Crippen LogP contribution in [0.1, 0.15) is 22.6 Å². The Labute approximate surface area is 153 Å². The lowest BCUT2D eigenvalue weighted by Gasteiger charge is -2.18. The van der Waals surface area contributed by atoms with Crippen LogP contribution in [0.15, 0.2) is 84.9 Å². The lowest BCUT2D eigenvalue weighted by molar-refractivity contribution is -0.384. The van der Waals surface area contributed by atoms with Crippen molar-refractivity contribution in [3.63, 3.8) is 0 Å². The SMILES string of the molecule is CNc1ccc([N+](=O)[O-])cc1[C@@H](/C=C/c1ccccc1)c1ccccc1. The van der Waals surface area contributed by atoms with Gasteiger partial charge in [0.1, 0.15) is 0 Å². The van der Waals surface area contributed by atoms with Crippen molar-refractivity contribution in [3.05, 3.63) is 112 Å². The Kier molecular flexibility index (Phi) is 5.44. The first kappa shape index (κ1) is 17.4. The summed E-state index contributed by atoms with van der Waals surface area (Å²) in [6, 6.07) is 25.0. The summed E-state index contributed by atoms with van der Waals surface area (Å²) in [6.07, 6.45) is 4.14. The van der Waals surface area contributed by atoms with Gasteiger partial charge >= 0.3 is 0 Å². The maximum atomic E-state index is 11.3. The van der Waals surface area contributed by atoms with Gasteiger partial charge in [-0.15, -0.1) is 0 Å². The molecule has 4 heteroatoms. The molecule has 0 aliphatic heterocycles. The van der Waals surface area contributed by atoms with E-state index in [1.807, 2.05) is 67.7 Å². The Morgan fingerprint density at radius 2 is 1.62 bits per heavy atom. The molecule has 0 aliphatic rings. The first-order chi connectivity index (χ1) is 12.7. The largest absolute Gasteiger partial charge is 0.388 e. The number of anilines is 1. The van der Waals surface area contributed by atoms with E-state index in [1.54, 1.807) is 12.1 Å². The normalized spacial score (nSPS) is 12.0. The number of nitro groups is 1. The van der Waals surface area contributed by atoms with E-state index < -0.39 is 0 Å². The molecule has 1 atom stereocenters.